The Labute approximate surface area is 112 Å². The second-order valence-corrected chi connectivity index (χ2v) is 5.40. The summed E-state index contributed by atoms with van der Waals surface area (Å²) in [4.78, 5) is 4.19. The molecule has 0 bridgehead atoms. The molecule has 0 atom stereocenters. The zero-order valence-electron chi connectivity index (χ0n) is 12.2. The molecular formula is C14H29N3O. The van der Waals surface area contributed by atoms with Crippen molar-refractivity contribution in [2.75, 3.05) is 26.7 Å². The molecule has 0 aliphatic heterocycles. The van der Waals surface area contributed by atoms with Gasteiger partial charge in [-0.15, -0.1) is 0 Å². The molecule has 18 heavy (non-hydrogen) atoms. The van der Waals surface area contributed by atoms with Crippen LogP contribution in [0.25, 0.3) is 0 Å². The summed E-state index contributed by atoms with van der Waals surface area (Å²) in [5, 5.41) is 6.61. The molecule has 0 aromatic carbocycles. The van der Waals surface area contributed by atoms with Crippen LogP contribution in [0.3, 0.4) is 0 Å². The summed E-state index contributed by atoms with van der Waals surface area (Å²) in [6.07, 6.45) is 6.77. The number of nitrogens with zero attached hydrogens (tertiary/aromatic N) is 1. The van der Waals surface area contributed by atoms with E-state index in [1.54, 1.807) is 0 Å². The molecule has 1 fully saturated rings. The highest BCUT2D eigenvalue weighted by Gasteiger charge is 2.14. The van der Waals surface area contributed by atoms with Crippen LogP contribution < -0.4 is 10.6 Å². The molecule has 1 rings (SSSR count). The monoisotopic (exact) mass is 255 g/mol. The van der Waals surface area contributed by atoms with Crippen LogP contribution in [-0.4, -0.2) is 38.8 Å². The van der Waals surface area contributed by atoms with Gasteiger partial charge in [0.1, 0.15) is 0 Å². The molecule has 0 spiro atoms. The van der Waals surface area contributed by atoms with E-state index in [0.717, 1.165) is 32.1 Å². The highest BCUT2D eigenvalue weighted by atomic mass is 16.5. The fourth-order valence-corrected chi connectivity index (χ4v) is 2.11. The van der Waals surface area contributed by atoms with Gasteiger partial charge in [-0.1, -0.05) is 26.7 Å². The third-order valence-corrected chi connectivity index (χ3v) is 3.17. The number of nitrogens with one attached hydrogen (secondary N) is 2. The van der Waals surface area contributed by atoms with Crippen LogP contribution in [0.15, 0.2) is 4.99 Å². The van der Waals surface area contributed by atoms with E-state index in [0.29, 0.717) is 12.0 Å². The number of hydrogen-bond donors (Lipinski definition) is 2. The molecule has 1 saturated carbocycles. The Hall–Kier alpha value is -0.770. The van der Waals surface area contributed by atoms with Crippen LogP contribution in [0.5, 0.6) is 0 Å². The van der Waals surface area contributed by atoms with Crippen molar-refractivity contribution < 1.29 is 4.74 Å². The van der Waals surface area contributed by atoms with Gasteiger partial charge in [-0.25, -0.2) is 0 Å². The normalized spacial score (nSPS) is 17.4. The topological polar surface area (TPSA) is 45.7 Å². The lowest BCUT2D eigenvalue weighted by molar-refractivity contribution is 0.0574. The smallest absolute Gasteiger partial charge is 0.190 e. The Kier molecular flexibility index (Phi) is 7.81. The summed E-state index contributed by atoms with van der Waals surface area (Å²) >= 11 is 0. The summed E-state index contributed by atoms with van der Waals surface area (Å²) in [7, 11) is 1.81. The molecule has 4 nitrogen and oxygen atoms in total. The van der Waals surface area contributed by atoms with Gasteiger partial charge >= 0.3 is 0 Å². The molecule has 4 heteroatoms. The predicted octanol–water partition coefficient (Wildman–Crippen LogP) is 2.16. The maximum absolute atomic E-state index is 5.82. The van der Waals surface area contributed by atoms with Crippen LogP contribution in [0.1, 0.15) is 46.0 Å². The maximum atomic E-state index is 5.82. The lowest BCUT2D eigenvalue weighted by Crippen LogP contribution is -2.39. The highest BCUT2D eigenvalue weighted by Crippen LogP contribution is 2.20. The third kappa shape index (κ3) is 6.84. The van der Waals surface area contributed by atoms with E-state index < -0.39 is 0 Å². The molecule has 2 N–H and O–H groups in total. The molecule has 0 unspecified atom stereocenters. The van der Waals surface area contributed by atoms with Gasteiger partial charge < -0.3 is 15.4 Å². The Bertz CT molecular complexity index is 235. The standard InChI is InChI=1S/C14H29N3O/c1-12(2)11-17-14(15-3)16-9-6-10-18-13-7-4-5-8-13/h12-13H,4-11H2,1-3H3,(H2,15,16,17). The summed E-state index contributed by atoms with van der Waals surface area (Å²) in [5.41, 5.74) is 0. The van der Waals surface area contributed by atoms with E-state index in [9.17, 15) is 0 Å². The van der Waals surface area contributed by atoms with Crippen molar-refractivity contribution >= 4 is 5.96 Å². The van der Waals surface area contributed by atoms with Gasteiger partial charge in [0.15, 0.2) is 5.96 Å². The van der Waals surface area contributed by atoms with Gasteiger partial charge in [0, 0.05) is 26.7 Å². The van der Waals surface area contributed by atoms with Gasteiger partial charge in [-0.2, -0.15) is 0 Å². The van der Waals surface area contributed by atoms with Crippen molar-refractivity contribution in [3.8, 4) is 0 Å². The molecule has 0 radical (unpaired) electrons. The Morgan fingerprint density at radius 1 is 1.28 bits per heavy atom. The van der Waals surface area contributed by atoms with Crippen LogP contribution in [0.2, 0.25) is 0 Å². The quantitative estimate of drug-likeness (QED) is 0.416. The van der Waals surface area contributed by atoms with E-state index in [-0.39, 0.29) is 0 Å². The van der Waals surface area contributed by atoms with Gasteiger partial charge in [0.25, 0.3) is 0 Å². The first-order chi connectivity index (χ1) is 8.72. The van der Waals surface area contributed by atoms with E-state index in [1.807, 2.05) is 7.05 Å². The molecular weight excluding hydrogens is 226 g/mol. The zero-order chi connectivity index (χ0) is 13.2. The molecule has 0 aromatic heterocycles. The van der Waals surface area contributed by atoms with Crippen molar-refractivity contribution in [2.24, 2.45) is 10.9 Å². The molecule has 0 aromatic rings. The molecule has 0 heterocycles. The first kappa shape index (κ1) is 15.3. The van der Waals surface area contributed by atoms with E-state index >= 15 is 0 Å². The first-order valence-corrected chi connectivity index (χ1v) is 7.28. The van der Waals surface area contributed by atoms with Gasteiger partial charge in [-0.3, -0.25) is 4.99 Å². The number of ether oxygens (including phenoxy) is 1. The Balaban J connectivity index is 1.97. The fourth-order valence-electron chi connectivity index (χ4n) is 2.11. The maximum Gasteiger partial charge on any atom is 0.190 e. The number of rotatable bonds is 7. The zero-order valence-corrected chi connectivity index (χ0v) is 12.2. The third-order valence-electron chi connectivity index (χ3n) is 3.17. The number of guanidine groups is 1. The van der Waals surface area contributed by atoms with E-state index in [2.05, 4.69) is 29.5 Å². The summed E-state index contributed by atoms with van der Waals surface area (Å²) in [6, 6.07) is 0. The summed E-state index contributed by atoms with van der Waals surface area (Å²) in [5.74, 6) is 1.53. The largest absolute Gasteiger partial charge is 0.378 e. The fraction of sp³-hybridized carbons (Fsp3) is 0.929. The molecule has 0 amide bonds. The highest BCUT2D eigenvalue weighted by molar-refractivity contribution is 5.79. The summed E-state index contributed by atoms with van der Waals surface area (Å²) < 4.78 is 5.82. The average Bonchev–Trinajstić information content (AvgIpc) is 2.85. The molecule has 1 aliphatic carbocycles. The van der Waals surface area contributed by atoms with Gasteiger partial charge in [0.2, 0.25) is 0 Å². The molecule has 0 saturated heterocycles. The van der Waals surface area contributed by atoms with Crippen molar-refractivity contribution in [3.05, 3.63) is 0 Å². The second kappa shape index (κ2) is 9.20. The van der Waals surface area contributed by atoms with Crippen molar-refractivity contribution in [2.45, 2.75) is 52.1 Å². The van der Waals surface area contributed by atoms with Gasteiger partial charge in [0.05, 0.1) is 6.10 Å². The predicted molar refractivity (Wildman–Crippen MR) is 77.0 cm³/mol. The van der Waals surface area contributed by atoms with Crippen molar-refractivity contribution in [1.29, 1.82) is 0 Å². The average molecular weight is 255 g/mol. The Morgan fingerprint density at radius 3 is 2.61 bits per heavy atom. The number of aliphatic imine (C=N–C) groups is 1. The molecule has 106 valence electrons. The number of hydrogen-bond acceptors (Lipinski definition) is 2. The van der Waals surface area contributed by atoms with E-state index in [4.69, 9.17) is 4.74 Å². The van der Waals surface area contributed by atoms with Crippen LogP contribution in [0.4, 0.5) is 0 Å². The SMILES string of the molecule is CN=C(NCCCOC1CCCC1)NCC(C)C. The first-order valence-electron chi connectivity index (χ1n) is 7.28. The van der Waals surface area contributed by atoms with E-state index in [1.165, 1.54) is 25.7 Å². The molecule has 1 aliphatic rings. The summed E-state index contributed by atoms with van der Waals surface area (Å²) in [6.45, 7) is 7.12. The lowest BCUT2D eigenvalue weighted by atomic mass is 10.2. The minimum atomic E-state index is 0.531. The minimum Gasteiger partial charge on any atom is -0.378 e. The van der Waals surface area contributed by atoms with Crippen molar-refractivity contribution in [1.82, 2.24) is 10.6 Å². The lowest BCUT2D eigenvalue weighted by Gasteiger charge is -2.14. The van der Waals surface area contributed by atoms with Crippen LogP contribution in [0, 0.1) is 5.92 Å². The van der Waals surface area contributed by atoms with Crippen molar-refractivity contribution in [3.63, 3.8) is 0 Å². The van der Waals surface area contributed by atoms with Crippen LogP contribution in [-0.2, 0) is 4.74 Å². The minimum absolute atomic E-state index is 0.531. The Morgan fingerprint density at radius 2 is 2.00 bits per heavy atom. The van der Waals surface area contributed by atoms with Gasteiger partial charge in [-0.05, 0) is 25.2 Å². The van der Waals surface area contributed by atoms with Crippen LogP contribution >= 0.6 is 0 Å². The second-order valence-electron chi connectivity index (χ2n) is 5.40.